The fourth-order valence-electron chi connectivity index (χ4n) is 3.62. The molecule has 0 unspecified atom stereocenters. The number of nitrogens with zero attached hydrogens (tertiary/aromatic N) is 2. The zero-order chi connectivity index (χ0) is 23.0. The van der Waals surface area contributed by atoms with E-state index in [1.165, 1.54) is 25.7 Å². The molecule has 0 aliphatic carbocycles. The van der Waals surface area contributed by atoms with Crippen LogP contribution in [0.1, 0.15) is 64.9 Å². The SMILES string of the molecule is CCCCCCCCOc1ncc(-c2ccc([C@@]3(OC(=O)O)COC(C)(C)O3)cc2)cn1. The molecule has 2 aromatic rings. The molecule has 1 aromatic heterocycles. The third-order valence-electron chi connectivity index (χ3n) is 5.29. The molecular weight excluding hydrogens is 412 g/mol. The van der Waals surface area contributed by atoms with Crippen LogP contribution in [0.25, 0.3) is 11.1 Å². The van der Waals surface area contributed by atoms with Crippen molar-refractivity contribution in [2.24, 2.45) is 0 Å². The fraction of sp³-hybridized carbons (Fsp3) is 0.542. The third kappa shape index (κ3) is 6.40. The monoisotopic (exact) mass is 444 g/mol. The van der Waals surface area contributed by atoms with Crippen molar-refractivity contribution in [3.8, 4) is 17.1 Å². The highest BCUT2D eigenvalue weighted by molar-refractivity contribution is 5.62. The van der Waals surface area contributed by atoms with Crippen molar-refractivity contribution < 1.29 is 28.8 Å². The van der Waals surface area contributed by atoms with Crippen LogP contribution in [0.5, 0.6) is 6.01 Å². The predicted octanol–water partition coefficient (Wildman–Crippen LogP) is 5.51. The van der Waals surface area contributed by atoms with E-state index in [1.54, 1.807) is 38.4 Å². The minimum absolute atomic E-state index is 0.0284. The zero-order valence-electron chi connectivity index (χ0n) is 19.0. The molecule has 0 bridgehead atoms. The van der Waals surface area contributed by atoms with Crippen molar-refractivity contribution in [1.29, 1.82) is 0 Å². The first-order chi connectivity index (χ1) is 15.3. The Morgan fingerprint density at radius 2 is 1.69 bits per heavy atom. The van der Waals surface area contributed by atoms with E-state index in [0.717, 1.165) is 24.0 Å². The molecule has 1 aromatic carbocycles. The molecule has 3 rings (SSSR count). The molecule has 1 N–H and O–H groups in total. The number of carbonyl (C=O) groups is 1. The van der Waals surface area contributed by atoms with Crippen LogP contribution in [0, 0.1) is 0 Å². The number of hydrogen-bond acceptors (Lipinski definition) is 7. The van der Waals surface area contributed by atoms with Crippen LogP contribution in [-0.2, 0) is 20.0 Å². The van der Waals surface area contributed by atoms with E-state index in [4.69, 9.17) is 24.1 Å². The number of benzene rings is 1. The van der Waals surface area contributed by atoms with E-state index in [0.29, 0.717) is 18.2 Å². The van der Waals surface area contributed by atoms with Gasteiger partial charge >= 0.3 is 12.2 Å². The summed E-state index contributed by atoms with van der Waals surface area (Å²) in [6.07, 6.45) is 9.19. The van der Waals surface area contributed by atoms with E-state index in [2.05, 4.69) is 16.9 Å². The summed E-state index contributed by atoms with van der Waals surface area (Å²) in [5.41, 5.74) is 2.24. The molecule has 2 heterocycles. The molecule has 0 spiro atoms. The van der Waals surface area contributed by atoms with Gasteiger partial charge in [0, 0.05) is 23.5 Å². The minimum atomic E-state index is -1.50. The minimum Gasteiger partial charge on any atom is -0.463 e. The van der Waals surface area contributed by atoms with Crippen LogP contribution in [-0.4, -0.2) is 40.2 Å². The van der Waals surface area contributed by atoms with Gasteiger partial charge in [-0.25, -0.2) is 14.8 Å². The maximum Gasteiger partial charge on any atom is 0.508 e. The highest BCUT2D eigenvalue weighted by atomic mass is 16.9. The number of aromatic nitrogens is 2. The summed E-state index contributed by atoms with van der Waals surface area (Å²) in [6, 6.07) is 7.56. The normalized spacial score (nSPS) is 19.6. The highest BCUT2D eigenvalue weighted by Crippen LogP contribution is 2.40. The molecule has 1 fully saturated rings. The predicted molar refractivity (Wildman–Crippen MR) is 118 cm³/mol. The molecule has 8 heteroatoms. The largest absolute Gasteiger partial charge is 0.508 e. The standard InChI is InChI=1S/C24H32N2O6/c1-4-5-6-7-8-9-14-29-21-25-15-19(16-26-21)18-10-12-20(13-11-18)24(31-22(27)28)17-30-23(2,3)32-24/h10-13,15-16H,4-9,14,17H2,1-3H3,(H,27,28)/t24-/m1/s1. The van der Waals surface area contributed by atoms with Gasteiger partial charge in [-0.3, -0.25) is 0 Å². The molecule has 8 nitrogen and oxygen atoms in total. The van der Waals surface area contributed by atoms with Gasteiger partial charge in [0.05, 0.1) is 6.61 Å². The molecule has 1 aliphatic rings. The van der Waals surface area contributed by atoms with Crippen molar-refractivity contribution in [1.82, 2.24) is 9.97 Å². The summed E-state index contributed by atoms with van der Waals surface area (Å²) in [7, 11) is 0. The summed E-state index contributed by atoms with van der Waals surface area (Å²) in [4.78, 5) is 19.8. The van der Waals surface area contributed by atoms with Crippen LogP contribution < -0.4 is 4.74 Å². The highest BCUT2D eigenvalue weighted by Gasteiger charge is 2.50. The summed E-state index contributed by atoms with van der Waals surface area (Å²) in [5, 5.41) is 9.17. The average molecular weight is 445 g/mol. The maximum absolute atomic E-state index is 11.2. The third-order valence-corrected chi connectivity index (χ3v) is 5.29. The smallest absolute Gasteiger partial charge is 0.463 e. The number of carboxylic acid groups (broad SMARTS) is 1. The van der Waals surface area contributed by atoms with Gasteiger partial charge in [-0.15, -0.1) is 0 Å². The van der Waals surface area contributed by atoms with Gasteiger partial charge in [-0.2, -0.15) is 0 Å². The average Bonchev–Trinajstić information content (AvgIpc) is 3.08. The van der Waals surface area contributed by atoms with Crippen LogP contribution in [0.3, 0.4) is 0 Å². The van der Waals surface area contributed by atoms with E-state index in [9.17, 15) is 4.79 Å². The van der Waals surface area contributed by atoms with Gasteiger partial charge in [0.1, 0.15) is 6.61 Å². The van der Waals surface area contributed by atoms with Crippen LogP contribution in [0.2, 0.25) is 0 Å². The van der Waals surface area contributed by atoms with Gasteiger partial charge in [-0.05, 0) is 25.8 Å². The zero-order valence-corrected chi connectivity index (χ0v) is 19.0. The van der Waals surface area contributed by atoms with Crippen LogP contribution in [0.15, 0.2) is 36.7 Å². The van der Waals surface area contributed by atoms with Gasteiger partial charge in [0.25, 0.3) is 5.79 Å². The second kappa shape index (κ2) is 10.7. The van der Waals surface area contributed by atoms with Crippen molar-refractivity contribution in [2.45, 2.75) is 70.9 Å². The van der Waals surface area contributed by atoms with E-state index in [1.807, 2.05) is 12.1 Å². The molecule has 0 radical (unpaired) electrons. The molecular formula is C24H32N2O6. The molecule has 174 valence electrons. The number of hydrogen-bond donors (Lipinski definition) is 1. The Kier molecular flexibility index (Phi) is 8.04. The Balaban J connectivity index is 1.59. The van der Waals surface area contributed by atoms with Gasteiger partial charge in [0.15, 0.2) is 5.79 Å². The molecule has 1 atom stereocenters. The molecule has 1 aliphatic heterocycles. The number of ether oxygens (including phenoxy) is 4. The molecule has 1 saturated heterocycles. The lowest BCUT2D eigenvalue weighted by molar-refractivity contribution is -0.240. The Hall–Kier alpha value is -2.71. The first-order valence-corrected chi connectivity index (χ1v) is 11.2. The quantitative estimate of drug-likeness (QED) is 0.357. The lowest BCUT2D eigenvalue weighted by Crippen LogP contribution is -2.36. The van der Waals surface area contributed by atoms with Crippen LogP contribution in [0.4, 0.5) is 4.79 Å². The number of unbranched alkanes of at least 4 members (excludes halogenated alkanes) is 5. The van der Waals surface area contributed by atoms with Gasteiger partial charge in [0.2, 0.25) is 0 Å². The first-order valence-electron chi connectivity index (χ1n) is 11.2. The fourth-order valence-corrected chi connectivity index (χ4v) is 3.62. The summed E-state index contributed by atoms with van der Waals surface area (Å²) >= 11 is 0. The first kappa shape index (κ1) is 23.9. The van der Waals surface area contributed by atoms with Gasteiger partial charge < -0.3 is 24.1 Å². The summed E-state index contributed by atoms with van der Waals surface area (Å²) in [6.45, 7) is 6.22. The Bertz CT molecular complexity index is 869. The van der Waals surface area contributed by atoms with Crippen LogP contribution >= 0.6 is 0 Å². The second-order valence-electron chi connectivity index (χ2n) is 8.36. The number of rotatable bonds is 11. The maximum atomic E-state index is 11.2. The molecule has 0 amide bonds. The van der Waals surface area contributed by atoms with E-state index >= 15 is 0 Å². The molecule has 0 saturated carbocycles. The van der Waals surface area contributed by atoms with Crippen molar-refractivity contribution in [2.75, 3.05) is 13.2 Å². The molecule has 32 heavy (non-hydrogen) atoms. The topological polar surface area (TPSA) is 100 Å². The van der Waals surface area contributed by atoms with Crippen molar-refractivity contribution in [3.05, 3.63) is 42.2 Å². The lowest BCUT2D eigenvalue weighted by Gasteiger charge is -2.28. The summed E-state index contributed by atoms with van der Waals surface area (Å²) in [5.74, 6) is -2.45. The van der Waals surface area contributed by atoms with E-state index < -0.39 is 17.7 Å². The van der Waals surface area contributed by atoms with Crippen molar-refractivity contribution in [3.63, 3.8) is 0 Å². The second-order valence-corrected chi connectivity index (χ2v) is 8.36. The Morgan fingerprint density at radius 1 is 1.03 bits per heavy atom. The van der Waals surface area contributed by atoms with Gasteiger partial charge in [-0.1, -0.05) is 63.3 Å². The summed E-state index contributed by atoms with van der Waals surface area (Å²) < 4.78 is 22.1. The lowest BCUT2D eigenvalue weighted by atomic mass is 10.0. The van der Waals surface area contributed by atoms with Crippen molar-refractivity contribution >= 4 is 6.16 Å². The Morgan fingerprint density at radius 3 is 2.28 bits per heavy atom. The Labute approximate surface area is 188 Å². The van der Waals surface area contributed by atoms with E-state index in [-0.39, 0.29) is 6.61 Å².